The van der Waals surface area contributed by atoms with Crippen LogP contribution in [0, 0.1) is 12.3 Å². The van der Waals surface area contributed by atoms with Gasteiger partial charge in [0.1, 0.15) is 10.6 Å². The summed E-state index contributed by atoms with van der Waals surface area (Å²) in [7, 11) is 1.85. The van der Waals surface area contributed by atoms with Crippen LogP contribution in [0.4, 0.5) is 11.8 Å². The minimum absolute atomic E-state index is 0.183. The van der Waals surface area contributed by atoms with Crippen LogP contribution >= 0.6 is 11.3 Å². The van der Waals surface area contributed by atoms with Gasteiger partial charge in [-0.2, -0.15) is 4.98 Å². The first kappa shape index (κ1) is 14.1. The maximum Gasteiger partial charge on any atom is 0.225 e. The van der Waals surface area contributed by atoms with E-state index >= 15 is 0 Å². The fourth-order valence-corrected chi connectivity index (χ4v) is 2.56. The molecule has 0 radical (unpaired) electrons. The molecular weight excluding hydrogens is 256 g/mol. The fraction of sp³-hybridized carbons (Fsp3) is 0.571. The zero-order valence-electron chi connectivity index (χ0n) is 12.5. The highest BCUT2D eigenvalue weighted by Gasteiger charge is 2.21. The van der Waals surface area contributed by atoms with Gasteiger partial charge in [-0.1, -0.05) is 20.8 Å². The van der Waals surface area contributed by atoms with Crippen molar-refractivity contribution in [2.75, 3.05) is 17.7 Å². The van der Waals surface area contributed by atoms with Crippen molar-refractivity contribution in [3.63, 3.8) is 0 Å². The number of nitrogens with one attached hydrogen (secondary N) is 2. The van der Waals surface area contributed by atoms with Gasteiger partial charge in [-0.25, -0.2) is 4.98 Å². The molecule has 4 nitrogen and oxygen atoms in total. The number of nitrogens with zero attached hydrogens (tertiary/aromatic N) is 2. The number of hydrogen-bond acceptors (Lipinski definition) is 5. The highest BCUT2D eigenvalue weighted by atomic mass is 32.1. The third kappa shape index (κ3) is 2.97. The second-order valence-corrected chi connectivity index (χ2v) is 7.19. The Morgan fingerprint density at radius 2 is 1.95 bits per heavy atom. The van der Waals surface area contributed by atoms with Crippen molar-refractivity contribution in [2.45, 2.75) is 40.7 Å². The third-order valence-corrected chi connectivity index (χ3v) is 4.34. The van der Waals surface area contributed by atoms with Crippen molar-refractivity contribution in [2.24, 2.45) is 5.41 Å². The molecule has 0 aliphatic rings. The van der Waals surface area contributed by atoms with Gasteiger partial charge in [0.2, 0.25) is 5.95 Å². The van der Waals surface area contributed by atoms with Crippen LogP contribution in [-0.4, -0.2) is 23.1 Å². The van der Waals surface area contributed by atoms with E-state index in [4.69, 9.17) is 0 Å². The molecule has 5 heteroatoms. The van der Waals surface area contributed by atoms with Crippen LogP contribution < -0.4 is 10.6 Å². The van der Waals surface area contributed by atoms with Crippen molar-refractivity contribution in [1.82, 2.24) is 9.97 Å². The number of anilines is 2. The first-order valence-corrected chi connectivity index (χ1v) is 7.35. The molecule has 0 saturated carbocycles. The lowest BCUT2D eigenvalue weighted by molar-refractivity contribution is 0.359. The van der Waals surface area contributed by atoms with Gasteiger partial charge >= 0.3 is 0 Å². The average molecular weight is 278 g/mol. The molecule has 0 bridgehead atoms. The summed E-state index contributed by atoms with van der Waals surface area (Å²) in [5, 5.41) is 7.66. The lowest BCUT2D eigenvalue weighted by Gasteiger charge is -2.28. The maximum atomic E-state index is 4.56. The molecule has 1 unspecified atom stereocenters. The number of aromatic nitrogens is 2. The number of rotatable bonds is 3. The van der Waals surface area contributed by atoms with Crippen LogP contribution in [0.3, 0.4) is 0 Å². The zero-order valence-corrected chi connectivity index (χ0v) is 13.3. The minimum atomic E-state index is 0.183. The van der Waals surface area contributed by atoms with Gasteiger partial charge in [0.15, 0.2) is 0 Å². The van der Waals surface area contributed by atoms with Crippen molar-refractivity contribution in [3.05, 3.63) is 10.9 Å². The molecule has 1 atom stereocenters. The Labute approximate surface area is 118 Å². The Hall–Kier alpha value is -1.36. The van der Waals surface area contributed by atoms with Gasteiger partial charge in [0, 0.05) is 18.0 Å². The molecule has 0 aromatic carbocycles. The monoisotopic (exact) mass is 278 g/mol. The van der Waals surface area contributed by atoms with E-state index in [2.05, 4.69) is 61.3 Å². The molecule has 2 aromatic rings. The van der Waals surface area contributed by atoms with Gasteiger partial charge in [-0.3, -0.25) is 0 Å². The van der Waals surface area contributed by atoms with Gasteiger partial charge < -0.3 is 10.6 Å². The summed E-state index contributed by atoms with van der Waals surface area (Å²) < 4.78 is 0. The summed E-state index contributed by atoms with van der Waals surface area (Å²) in [4.78, 5) is 11.3. The topological polar surface area (TPSA) is 49.8 Å². The summed E-state index contributed by atoms with van der Waals surface area (Å²) in [5.41, 5.74) is 0.183. The standard InChI is InChI=1S/C14H22N4S/c1-8-7-10-11(16-9(2)14(3,4)5)17-13(15-6)18-12(10)19-8/h7,9H,1-6H3,(H2,15,16,17,18). The molecule has 2 heterocycles. The summed E-state index contributed by atoms with van der Waals surface area (Å²) in [5.74, 6) is 1.58. The van der Waals surface area contributed by atoms with Crippen LogP contribution in [0.2, 0.25) is 0 Å². The van der Waals surface area contributed by atoms with Crippen molar-refractivity contribution >= 4 is 33.3 Å². The summed E-state index contributed by atoms with van der Waals surface area (Å²) in [6.07, 6.45) is 0. The first-order valence-electron chi connectivity index (χ1n) is 6.53. The van der Waals surface area contributed by atoms with Crippen LogP contribution in [0.5, 0.6) is 0 Å². The number of aryl methyl sites for hydroxylation is 1. The van der Waals surface area contributed by atoms with E-state index in [0.29, 0.717) is 12.0 Å². The van der Waals surface area contributed by atoms with Crippen LogP contribution in [0.15, 0.2) is 6.07 Å². The molecule has 0 fully saturated rings. The maximum absolute atomic E-state index is 4.56. The van der Waals surface area contributed by atoms with Gasteiger partial charge in [0.25, 0.3) is 0 Å². The van der Waals surface area contributed by atoms with Crippen molar-refractivity contribution in [1.29, 1.82) is 0 Å². The molecule has 2 aromatic heterocycles. The van der Waals surface area contributed by atoms with Gasteiger partial charge in [0.05, 0.1) is 5.39 Å². The second-order valence-electron chi connectivity index (χ2n) is 5.95. The van der Waals surface area contributed by atoms with E-state index in [-0.39, 0.29) is 5.41 Å². The SMILES string of the molecule is CNc1nc(NC(C)C(C)(C)C)c2cc(C)sc2n1. The van der Waals surface area contributed by atoms with Crippen molar-refractivity contribution in [3.8, 4) is 0 Å². The Balaban J connectivity index is 2.46. The Kier molecular flexibility index (Phi) is 3.67. The lowest BCUT2D eigenvalue weighted by Crippen LogP contribution is -2.31. The van der Waals surface area contributed by atoms with Crippen LogP contribution in [0.25, 0.3) is 10.2 Å². The predicted octanol–water partition coefficient (Wildman–Crippen LogP) is 3.89. The van der Waals surface area contributed by atoms with E-state index in [1.807, 2.05) is 7.05 Å². The van der Waals surface area contributed by atoms with Gasteiger partial charge in [-0.15, -0.1) is 11.3 Å². The fourth-order valence-electron chi connectivity index (χ4n) is 1.69. The predicted molar refractivity (Wildman–Crippen MR) is 84.2 cm³/mol. The molecule has 19 heavy (non-hydrogen) atoms. The highest BCUT2D eigenvalue weighted by molar-refractivity contribution is 7.18. The molecule has 0 saturated heterocycles. The molecule has 0 aliphatic carbocycles. The number of fused-ring (bicyclic) bond motifs is 1. The van der Waals surface area contributed by atoms with Crippen LogP contribution in [0.1, 0.15) is 32.6 Å². The third-order valence-electron chi connectivity index (χ3n) is 3.39. The first-order chi connectivity index (χ1) is 8.81. The molecular formula is C14H22N4S. The summed E-state index contributed by atoms with van der Waals surface area (Å²) in [6, 6.07) is 2.48. The van der Waals surface area contributed by atoms with Gasteiger partial charge in [-0.05, 0) is 25.3 Å². The van der Waals surface area contributed by atoms with E-state index in [1.54, 1.807) is 11.3 Å². The van der Waals surface area contributed by atoms with Crippen LogP contribution in [-0.2, 0) is 0 Å². The molecule has 2 rings (SSSR count). The normalized spacial score (nSPS) is 13.6. The molecule has 104 valence electrons. The highest BCUT2D eigenvalue weighted by Crippen LogP contribution is 2.31. The minimum Gasteiger partial charge on any atom is -0.366 e. The Morgan fingerprint density at radius 1 is 1.26 bits per heavy atom. The Bertz CT molecular complexity index is 583. The smallest absolute Gasteiger partial charge is 0.225 e. The number of hydrogen-bond donors (Lipinski definition) is 2. The number of thiophene rings is 1. The Morgan fingerprint density at radius 3 is 2.53 bits per heavy atom. The molecule has 0 amide bonds. The van der Waals surface area contributed by atoms with E-state index < -0.39 is 0 Å². The quantitative estimate of drug-likeness (QED) is 0.894. The molecule has 0 spiro atoms. The molecule has 2 N–H and O–H groups in total. The summed E-state index contributed by atoms with van der Waals surface area (Å²) >= 11 is 1.70. The van der Waals surface area contributed by atoms with E-state index in [1.165, 1.54) is 4.88 Å². The molecule has 0 aliphatic heterocycles. The lowest BCUT2D eigenvalue weighted by atomic mass is 9.88. The second kappa shape index (κ2) is 4.96. The average Bonchev–Trinajstić information content (AvgIpc) is 2.68. The van der Waals surface area contributed by atoms with E-state index in [0.717, 1.165) is 16.0 Å². The largest absolute Gasteiger partial charge is 0.366 e. The van der Waals surface area contributed by atoms with E-state index in [9.17, 15) is 0 Å². The van der Waals surface area contributed by atoms with Crippen molar-refractivity contribution < 1.29 is 0 Å². The zero-order chi connectivity index (χ0) is 14.2. The summed E-state index contributed by atoms with van der Waals surface area (Å²) in [6.45, 7) is 11.0.